The van der Waals surface area contributed by atoms with Gasteiger partial charge in [-0.1, -0.05) is 26.0 Å². The molecule has 1 heterocycles. The van der Waals surface area contributed by atoms with Gasteiger partial charge in [0.25, 0.3) is 0 Å². The van der Waals surface area contributed by atoms with Crippen LogP contribution in [-0.2, 0) is 11.2 Å². The molecule has 0 unspecified atom stereocenters. The Morgan fingerprint density at radius 2 is 1.90 bits per heavy atom. The minimum Gasteiger partial charge on any atom is -0.399 e. The van der Waals surface area contributed by atoms with Crippen molar-refractivity contribution in [1.29, 1.82) is 0 Å². The van der Waals surface area contributed by atoms with Crippen molar-refractivity contribution in [2.24, 2.45) is 5.41 Å². The van der Waals surface area contributed by atoms with Crippen molar-refractivity contribution in [2.45, 2.75) is 46.0 Å². The minimum atomic E-state index is 0.297. The largest absolute Gasteiger partial charge is 0.399 e. The lowest BCUT2D eigenvalue weighted by Gasteiger charge is -2.26. The van der Waals surface area contributed by atoms with E-state index in [0.29, 0.717) is 17.7 Å². The molecule has 0 atom stereocenters. The number of carbonyl (C=O) groups excluding carboxylic acids is 1. The molecule has 0 bridgehead atoms. The fourth-order valence-electron chi connectivity index (χ4n) is 3.07. The second kappa shape index (κ2) is 6.29. The molecule has 2 N–H and O–H groups in total. The molecule has 20 heavy (non-hydrogen) atoms. The van der Waals surface area contributed by atoms with Crippen molar-refractivity contribution in [3.63, 3.8) is 0 Å². The molecule has 1 aromatic carbocycles. The number of nitrogens with zero attached hydrogens (tertiary/aromatic N) is 1. The summed E-state index contributed by atoms with van der Waals surface area (Å²) in [6.07, 6.45) is 4.92. The lowest BCUT2D eigenvalue weighted by molar-refractivity contribution is -0.130. The van der Waals surface area contributed by atoms with E-state index in [1.807, 2.05) is 24.3 Å². The number of nitrogens with two attached hydrogens (primary N) is 1. The number of hydrogen-bond donors (Lipinski definition) is 1. The first-order valence-electron chi connectivity index (χ1n) is 7.71. The van der Waals surface area contributed by atoms with Crippen LogP contribution >= 0.6 is 0 Å². The summed E-state index contributed by atoms with van der Waals surface area (Å²) in [6, 6.07) is 7.81. The summed E-state index contributed by atoms with van der Waals surface area (Å²) in [7, 11) is 0. The first-order valence-corrected chi connectivity index (χ1v) is 7.71. The molecular weight excluding hydrogens is 248 g/mol. The van der Waals surface area contributed by atoms with Crippen LogP contribution in [0.15, 0.2) is 24.3 Å². The van der Waals surface area contributed by atoms with Gasteiger partial charge in [-0.25, -0.2) is 0 Å². The number of nitrogen functional groups attached to an aromatic ring is 1. The molecule has 0 radical (unpaired) electrons. The summed E-state index contributed by atoms with van der Waals surface area (Å²) < 4.78 is 0. The standard InChI is InChI=1S/C17H26N2O/c1-3-17(4-2)11-12-19(13-17)16(20)10-7-14-5-8-15(18)9-6-14/h5-6,8-9H,3-4,7,10-13,18H2,1-2H3. The molecule has 0 saturated carbocycles. The summed E-state index contributed by atoms with van der Waals surface area (Å²) in [4.78, 5) is 14.4. The molecule has 0 aromatic heterocycles. The summed E-state index contributed by atoms with van der Waals surface area (Å²) >= 11 is 0. The Labute approximate surface area is 122 Å². The van der Waals surface area contributed by atoms with Crippen LogP contribution in [-0.4, -0.2) is 23.9 Å². The van der Waals surface area contributed by atoms with Crippen LogP contribution in [0, 0.1) is 5.41 Å². The van der Waals surface area contributed by atoms with E-state index in [0.717, 1.165) is 31.6 Å². The second-order valence-electron chi connectivity index (χ2n) is 6.01. The molecule has 0 aliphatic carbocycles. The number of carbonyl (C=O) groups is 1. The highest BCUT2D eigenvalue weighted by Gasteiger charge is 2.36. The maximum absolute atomic E-state index is 12.3. The third-order valence-corrected chi connectivity index (χ3v) is 4.90. The lowest BCUT2D eigenvalue weighted by Crippen LogP contribution is -2.31. The fraction of sp³-hybridized carbons (Fsp3) is 0.588. The van der Waals surface area contributed by atoms with E-state index in [4.69, 9.17) is 5.73 Å². The predicted molar refractivity (Wildman–Crippen MR) is 83.4 cm³/mol. The highest BCUT2D eigenvalue weighted by Crippen LogP contribution is 2.37. The fourth-order valence-corrected chi connectivity index (χ4v) is 3.07. The van der Waals surface area contributed by atoms with Crippen molar-refractivity contribution in [2.75, 3.05) is 18.8 Å². The van der Waals surface area contributed by atoms with E-state index in [1.165, 1.54) is 18.4 Å². The van der Waals surface area contributed by atoms with Crippen molar-refractivity contribution in [3.8, 4) is 0 Å². The third kappa shape index (κ3) is 3.33. The Bertz CT molecular complexity index is 449. The van der Waals surface area contributed by atoms with E-state index < -0.39 is 0 Å². The molecule has 1 aliphatic heterocycles. The summed E-state index contributed by atoms with van der Waals surface area (Å²) in [5.74, 6) is 0.297. The van der Waals surface area contributed by atoms with Crippen LogP contribution in [0.1, 0.15) is 45.1 Å². The highest BCUT2D eigenvalue weighted by atomic mass is 16.2. The smallest absolute Gasteiger partial charge is 0.222 e. The zero-order chi connectivity index (χ0) is 14.6. The molecule has 1 saturated heterocycles. The third-order valence-electron chi connectivity index (χ3n) is 4.90. The first-order chi connectivity index (χ1) is 9.58. The number of aryl methyl sites for hydroxylation is 1. The quantitative estimate of drug-likeness (QED) is 0.838. The Hall–Kier alpha value is -1.51. The lowest BCUT2D eigenvalue weighted by atomic mass is 9.82. The van der Waals surface area contributed by atoms with Crippen molar-refractivity contribution in [3.05, 3.63) is 29.8 Å². The molecule has 110 valence electrons. The van der Waals surface area contributed by atoms with Gasteiger partial charge in [0.2, 0.25) is 5.91 Å². The van der Waals surface area contributed by atoms with Crippen LogP contribution in [0.3, 0.4) is 0 Å². The average molecular weight is 274 g/mol. The van der Waals surface area contributed by atoms with E-state index >= 15 is 0 Å². The molecule has 0 spiro atoms. The Balaban J connectivity index is 1.85. The second-order valence-corrected chi connectivity index (χ2v) is 6.01. The molecule has 1 aliphatic rings. The van der Waals surface area contributed by atoms with Gasteiger partial charge < -0.3 is 10.6 Å². The zero-order valence-electron chi connectivity index (χ0n) is 12.7. The number of benzene rings is 1. The molecule has 1 aromatic rings. The average Bonchev–Trinajstić information content (AvgIpc) is 2.91. The Morgan fingerprint density at radius 1 is 1.25 bits per heavy atom. The zero-order valence-corrected chi connectivity index (χ0v) is 12.7. The van der Waals surface area contributed by atoms with Gasteiger partial charge in [0.05, 0.1) is 0 Å². The van der Waals surface area contributed by atoms with Crippen LogP contribution < -0.4 is 5.73 Å². The van der Waals surface area contributed by atoms with E-state index in [2.05, 4.69) is 18.7 Å². The van der Waals surface area contributed by atoms with E-state index in [9.17, 15) is 4.79 Å². The number of anilines is 1. The first kappa shape index (κ1) is 14.9. The molecule has 2 rings (SSSR count). The SMILES string of the molecule is CCC1(CC)CCN(C(=O)CCc2ccc(N)cc2)C1. The minimum absolute atomic E-state index is 0.297. The monoisotopic (exact) mass is 274 g/mol. The highest BCUT2D eigenvalue weighted by molar-refractivity contribution is 5.76. The Kier molecular flexibility index (Phi) is 4.69. The van der Waals surface area contributed by atoms with Gasteiger partial charge in [0.1, 0.15) is 0 Å². The molecule has 3 heteroatoms. The molecule has 1 amide bonds. The van der Waals surface area contributed by atoms with Gasteiger partial charge in [0.15, 0.2) is 0 Å². The summed E-state index contributed by atoms with van der Waals surface area (Å²) in [5.41, 5.74) is 8.00. The van der Waals surface area contributed by atoms with Gasteiger partial charge >= 0.3 is 0 Å². The maximum Gasteiger partial charge on any atom is 0.222 e. The summed E-state index contributed by atoms with van der Waals surface area (Å²) in [5, 5.41) is 0. The molecular formula is C17H26N2O. The van der Waals surface area contributed by atoms with Crippen LogP contribution in [0.5, 0.6) is 0 Å². The predicted octanol–water partition coefficient (Wildman–Crippen LogP) is 3.24. The number of rotatable bonds is 5. The van der Waals surface area contributed by atoms with Gasteiger partial charge in [-0.05, 0) is 48.8 Å². The number of likely N-dealkylation sites (tertiary alicyclic amines) is 1. The number of hydrogen-bond acceptors (Lipinski definition) is 2. The van der Waals surface area contributed by atoms with Gasteiger partial charge in [0, 0.05) is 25.2 Å². The van der Waals surface area contributed by atoms with Gasteiger partial charge in [-0.15, -0.1) is 0 Å². The summed E-state index contributed by atoms with van der Waals surface area (Å²) in [6.45, 7) is 6.36. The van der Waals surface area contributed by atoms with Crippen molar-refractivity contribution >= 4 is 11.6 Å². The number of amides is 1. The van der Waals surface area contributed by atoms with Crippen LogP contribution in [0.2, 0.25) is 0 Å². The van der Waals surface area contributed by atoms with Crippen molar-refractivity contribution in [1.82, 2.24) is 4.90 Å². The topological polar surface area (TPSA) is 46.3 Å². The molecule has 3 nitrogen and oxygen atoms in total. The molecule has 1 fully saturated rings. The van der Waals surface area contributed by atoms with Gasteiger partial charge in [-0.3, -0.25) is 4.79 Å². The van der Waals surface area contributed by atoms with Gasteiger partial charge in [-0.2, -0.15) is 0 Å². The normalized spacial score (nSPS) is 17.4. The Morgan fingerprint density at radius 3 is 2.45 bits per heavy atom. The van der Waals surface area contributed by atoms with E-state index in [1.54, 1.807) is 0 Å². The van der Waals surface area contributed by atoms with E-state index in [-0.39, 0.29) is 0 Å². The maximum atomic E-state index is 12.3. The van der Waals surface area contributed by atoms with Crippen LogP contribution in [0.25, 0.3) is 0 Å². The van der Waals surface area contributed by atoms with Crippen LogP contribution in [0.4, 0.5) is 5.69 Å². The van der Waals surface area contributed by atoms with Crippen molar-refractivity contribution < 1.29 is 4.79 Å².